The maximum atomic E-state index is 10.7. The summed E-state index contributed by atoms with van der Waals surface area (Å²) in [6, 6.07) is 7.59. The predicted octanol–water partition coefficient (Wildman–Crippen LogP) is 2.47. The van der Waals surface area contributed by atoms with Gasteiger partial charge >= 0.3 is 5.97 Å². The lowest BCUT2D eigenvalue weighted by Crippen LogP contribution is -2.03. The first-order valence-electron chi connectivity index (χ1n) is 3.99. The molecule has 13 heavy (non-hydrogen) atoms. The van der Waals surface area contributed by atoms with E-state index in [4.69, 9.17) is 4.74 Å². The van der Waals surface area contributed by atoms with Gasteiger partial charge in [-0.05, 0) is 12.3 Å². The number of carbonyl (C=O) groups excluding carboxylic acids is 1. The maximum Gasteiger partial charge on any atom is 0.308 e. The van der Waals surface area contributed by atoms with Gasteiger partial charge in [0.1, 0.15) is 5.75 Å². The summed E-state index contributed by atoms with van der Waals surface area (Å²) >= 11 is 1.70. The molecular weight excluding hydrogens is 184 g/mol. The quantitative estimate of drug-likeness (QED) is 0.548. The summed E-state index contributed by atoms with van der Waals surface area (Å²) in [7, 11) is 0. The Kier molecular flexibility index (Phi) is 3.83. The Labute approximate surface area is 82.3 Å². The molecule has 0 bridgehead atoms. The first kappa shape index (κ1) is 10.1. The van der Waals surface area contributed by atoms with Crippen molar-refractivity contribution < 1.29 is 9.53 Å². The van der Waals surface area contributed by atoms with Crippen LogP contribution in [0.25, 0.3) is 0 Å². The topological polar surface area (TPSA) is 26.3 Å². The standard InChI is InChI=1S/C10H12O2S/c1-8(11)12-10-6-4-3-5-9(10)7-13-2/h3-6H,7H2,1-2H3. The van der Waals surface area contributed by atoms with Gasteiger partial charge in [-0.1, -0.05) is 18.2 Å². The van der Waals surface area contributed by atoms with Crippen LogP contribution in [0, 0.1) is 0 Å². The molecule has 0 spiro atoms. The zero-order chi connectivity index (χ0) is 9.68. The van der Waals surface area contributed by atoms with Crippen LogP contribution in [0.1, 0.15) is 12.5 Å². The number of rotatable bonds is 3. The van der Waals surface area contributed by atoms with Crippen molar-refractivity contribution in [1.82, 2.24) is 0 Å². The molecule has 0 saturated heterocycles. The second-order valence-corrected chi connectivity index (χ2v) is 3.50. The van der Waals surface area contributed by atoms with Crippen LogP contribution < -0.4 is 4.74 Å². The van der Waals surface area contributed by atoms with E-state index in [9.17, 15) is 4.79 Å². The van der Waals surface area contributed by atoms with E-state index < -0.39 is 0 Å². The minimum atomic E-state index is -0.270. The van der Waals surface area contributed by atoms with Gasteiger partial charge in [-0.15, -0.1) is 0 Å². The molecule has 2 nitrogen and oxygen atoms in total. The van der Waals surface area contributed by atoms with Gasteiger partial charge in [-0.25, -0.2) is 0 Å². The Morgan fingerprint density at radius 2 is 2.15 bits per heavy atom. The summed E-state index contributed by atoms with van der Waals surface area (Å²) in [6.07, 6.45) is 2.02. The second-order valence-electron chi connectivity index (χ2n) is 2.63. The third-order valence-electron chi connectivity index (χ3n) is 1.53. The highest BCUT2D eigenvalue weighted by Crippen LogP contribution is 2.21. The van der Waals surface area contributed by atoms with Crippen LogP contribution in [-0.4, -0.2) is 12.2 Å². The number of esters is 1. The first-order valence-corrected chi connectivity index (χ1v) is 5.38. The van der Waals surface area contributed by atoms with Gasteiger partial charge in [-0.3, -0.25) is 4.79 Å². The van der Waals surface area contributed by atoms with Crippen molar-refractivity contribution in [3.05, 3.63) is 29.8 Å². The van der Waals surface area contributed by atoms with Crippen molar-refractivity contribution in [2.24, 2.45) is 0 Å². The fourth-order valence-electron chi connectivity index (χ4n) is 1.03. The van der Waals surface area contributed by atoms with Gasteiger partial charge in [0.25, 0.3) is 0 Å². The van der Waals surface area contributed by atoms with Crippen LogP contribution in [0.3, 0.4) is 0 Å². The predicted molar refractivity (Wildman–Crippen MR) is 55.0 cm³/mol. The van der Waals surface area contributed by atoms with Crippen molar-refractivity contribution in [3.63, 3.8) is 0 Å². The molecule has 1 rings (SSSR count). The summed E-state index contributed by atoms with van der Waals surface area (Å²) in [5, 5.41) is 0. The molecule has 0 aliphatic heterocycles. The molecule has 0 heterocycles. The third-order valence-corrected chi connectivity index (χ3v) is 2.13. The number of hydrogen-bond donors (Lipinski definition) is 0. The Hall–Kier alpha value is -0.960. The lowest BCUT2D eigenvalue weighted by molar-refractivity contribution is -0.131. The Morgan fingerprint density at radius 1 is 1.46 bits per heavy atom. The number of benzene rings is 1. The molecule has 0 aliphatic carbocycles. The summed E-state index contributed by atoms with van der Waals surface area (Å²) in [4.78, 5) is 10.7. The van der Waals surface area contributed by atoms with Crippen molar-refractivity contribution >= 4 is 17.7 Å². The number of para-hydroxylation sites is 1. The molecule has 0 saturated carbocycles. The highest BCUT2D eigenvalue weighted by molar-refractivity contribution is 7.97. The van der Waals surface area contributed by atoms with E-state index in [1.807, 2.05) is 30.5 Å². The fourth-order valence-corrected chi connectivity index (χ4v) is 1.58. The van der Waals surface area contributed by atoms with Crippen molar-refractivity contribution in [2.45, 2.75) is 12.7 Å². The van der Waals surface area contributed by atoms with E-state index in [0.29, 0.717) is 5.75 Å². The highest BCUT2D eigenvalue weighted by atomic mass is 32.2. The van der Waals surface area contributed by atoms with Gasteiger partial charge in [0.15, 0.2) is 0 Å². The van der Waals surface area contributed by atoms with Crippen LogP contribution in [0.4, 0.5) is 0 Å². The highest BCUT2D eigenvalue weighted by Gasteiger charge is 2.03. The Balaban J connectivity index is 2.84. The minimum absolute atomic E-state index is 0.270. The largest absolute Gasteiger partial charge is 0.426 e. The molecular formula is C10H12O2S. The average Bonchev–Trinajstić information content (AvgIpc) is 2.08. The zero-order valence-electron chi connectivity index (χ0n) is 7.74. The fraction of sp³-hybridized carbons (Fsp3) is 0.300. The summed E-state index contributed by atoms with van der Waals surface area (Å²) in [5.74, 6) is 1.27. The van der Waals surface area contributed by atoms with E-state index in [1.165, 1.54) is 6.92 Å². The average molecular weight is 196 g/mol. The Morgan fingerprint density at radius 3 is 2.77 bits per heavy atom. The smallest absolute Gasteiger partial charge is 0.308 e. The molecule has 0 radical (unpaired) electrons. The van der Waals surface area contributed by atoms with E-state index >= 15 is 0 Å². The molecule has 0 fully saturated rings. The zero-order valence-corrected chi connectivity index (χ0v) is 8.56. The second kappa shape index (κ2) is 4.92. The van der Waals surface area contributed by atoms with Crippen molar-refractivity contribution in [1.29, 1.82) is 0 Å². The van der Waals surface area contributed by atoms with E-state index in [-0.39, 0.29) is 5.97 Å². The molecule has 0 aromatic heterocycles. The molecule has 0 unspecified atom stereocenters. The van der Waals surface area contributed by atoms with Gasteiger partial charge < -0.3 is 4.74 Å². The number of hydrogen-bond acceptors (Lipinski definition) is 3. The van der Waals surface area contributed by atoms with Gasteiger partial charge in [0.05, 0.1) is 0 Å². The third kappa shape index (κ3) is 3.11. The van der Waals surface area contributed by atoms with Crippen LogP contribution in [0.2, 0.25) is 0 Å². The molecule has 0 N–H and O–H groups in total. The number of carbonyl (C=O) groups is 1. The summed E-state index contributed by atoms with van der Waals surface area (Å²) < 4.78 is 5.05. The maximum absolute atomic E-state index is 10.7. The van der Waals surface area contributed by atoms with Gasteiger partial charge in [-0.2, -0.15) is 11.8 Å². The molecule has 0 atom stereocenters. The van der Waals surface area contributed by atoms with Crippen molar-refractivity contribution in [3.8, 4) is 5.75 Å². The van der Waals surface area contributed by atoms with Crippen LogP contribution >= 0.6 is 11.8 Å². The molecule has 1 aromatic carbocycles. The Bertz CT molecular complexity index is 297. The minimum Gasteiger partial charge on any atom is -0.426 e. The summed E-state index contributed by atoms with van der Waals surface area (Å²) in [6.45, 7) is 1.41. The SMILES string of the molecule is CSCc1ccccc1OC(C)=O. The van der Waals surface area contributed by atoms with Crippen molar-refractivity contribution in [2.75, 3.05) is 6.26 Å². The lowest BCUT2D eigenvalue weighted by atomic mass is 10.2. The normalized spacial score (nSPS) is 9.69. The number of thioether (sulfide) groups is 1. The van der Waals surface area contributed by atoms with Crippen LogP contribution in [0.5, 0.6) is 5.75 Å². The monoisotopic (exact) mass is 196 g/mol. The van der Waals surface area contributed by atoms with Gasteiger partial charge in [0, 0.05) is 18.2 Å². The van der Waals surface area contributed by atoms with Gasteiger partial charge in [0.2, 0.25) is 0 Å². The molecule has 70 valence electrons. The first-order chi connectivity index (χ1) is 6.24. The molecule has 3 heteroatoms. The van der Waals surface area contributed by atoms with Crippen LogP contribution in [-0.2, 0) is 10.5 Å². The molecule has 0 amide bonds. The van der Waals surface area contributed by atoms with E-state index in [2.05, 4.69) is 0 Å². The van der Waals surface area contributed by atoms with Crippen LogP contribution in [0.15, 0.2) is 24.3 Å². The molecule has 1 aromatic rings. The molecule has 0 aliphatic rings. The van der Waals surface area contributed by atoms with E-state index in [0.717, 1.165) is 11.3 Å². The lowest BCUT2D eigenvalue weighted by Gasteiger charge is -2.06. The number of ether oxygens (including phenoxy) is 1. The summed E-state index contributed by atoms with van der Waals surface area (Å²) in [5.41, 5.74) is 1.06. The van der Waals surface area contributed by atoms with E-state index in [1.54, 1.807) is 11.8 Å².